The second-order valence-corrected chi connectivity index (χ2v) is 4.37. The highest BCUT2D eigenvalue weighted by Gasteiger charge is 2.22. The topological polar surface area (TPSA) is 72.8 Å². The van der Waals surface area contributed by atoms with Crippen molar-refractivity contribution in [2.45, 2.75) is 26.4 Å². The lowest BCUT2D eigenvalue weighted by molar-refractivity contribution is 0.0947. The summed E-state index contributed by atoms with van der Waals surface area (Å²) in [5.74, 6) is 0. The predicted molar refractivity (Wildman–Crippen MR) is 42.8 cm³/mol. The van der Waals surface area contributed by atoms with Gasteiger partial charge in [-0.1, -0.05) is 0 Å². The summed E-state index contributed by atoms with van der Waals surface area (Å²) in [6, 6.07) is 0. The van der Waals surface area contributed by atoms with Gasteiger partial charge in [-0.15, -0.1) is 0 Å². The summed E-state index contributed by atoms with van der Waals surface area (Å²) in [7, 11) is -3.96. The maximum Gasteiger partial charge on any atom is 0.400 e. The quantitative estimate of drug-likeness (QED) is 0.691. The summed E-state index contributed by atoms with van der Waals surface area (Å²) in [6.45, 7) is 4.14. The second-order valence-electron chi connectivity index (χ2n) is 3.15. The molecule has 1 N–H and O–H groups in total. The maximum absolute atomic E-state index is 10.8. The maximum atomic E-state index is 10.8. The molecule has 0 unspecified atom stereocenters. The molecule has 0 heterocycles. The molecule has 0 saturated carbocycles. The van der Waals surface area contributed by atoms with Crippen LogP contribution in [-0.4, -0.2) is 32.3 Å². The minimum Gasteiger partial charge on any atom is -0.394 e. The van der Waals surface area contributed by atoms with E-state index in [4.69, 9.17) is 5.11 Å². The van der Waals surface area contributed by atoms with Gasteiger partial charge >= 0.3 is 10.4 Å². The highest BCUT2D eigenvalue weighted by Crippen LogP contribution is 2.12. The number of hydrogen-bond donors (Lipinski definition) is 1. The Bertz CT molecular complexity index is 213. The molecule has 0 spiro atoms. The zero-order valence-electron chi connectivity index (χ0n) is 7.40. The van der Waals surface area contributed by atoms with Crippen LogP contribution in [0.4, 0.5) is 0 Å². The summed E-state index contributed by atoms with van der Waals surface area (Å²) in [5, 5.41) is 8.28. The molecular weight excluding hydrogens is 184 g/mol. The van der Waals surface area contributed by atoms with Crippen LogP contribution in [0, 0.1) is 0 Å². The largest absolute Gasteiger partial charge is 0.400 e. The molecule has 0 aliphatic rings. The van der Waals surface area contributed by atoms with Crippen molar-refractivity contribution in [1.82, 2.24) is 0 Å². The van der Waals surface area contributed by atoms with E-state index >= 15 is 0 Å². The summed E-state index contributed by atoms with van der Waals surface area (Å²) >= 11 is 0. The van der Waals surface area contributed by atoms with Gasteiger partial charge in [0.2, 0.25) is 0 Å². The molecule has 12 heavy (non-hydrogen) atoms. The lowest BCUT2D eigenvalue weighted by Gasteiger charge is -2.17. The number of rotatable bonds is 4. The van der Waals surface area contributed by atoms with E-state index in [-0.39, 0.29) is 13.2 Å². The summed E-state index contributed by atoms with van der Waals surface area (Å²) in [4.78, 5) is 0. The van der Waals surface area contributed by atoms with Gasteiger partial charge in [-0.05, 0) is 20.8 Å². The van der Waals surface area contributed by atoms with E-state index < -0.39 is 16.0 Å². The fraction of sp³-hybridized carbons (Fsp3) is 1.00. The van der Waals surface area contributed by atoms with Gasteiger partial charge in [0.1, 0.15) is 0 Å². The fourth-order valence-corrected chi connectivity index (χ4v) is 1.41. The molecule has 0 bridgehead atoms. The molecule has 5 nitrogen and oxygen atoms in total. The minimum absolute atomic E-state index is 0.279. The normalized spacial score (nSPS) is 13.3. The predicted octanol–water partition coefficient (Wildman–Crippen LogP) is 0.0552. The average molecular weight is 198 g/mol. The molecule has 0 aromatic rings. The Morgan fingerprint density at radius 2 is 1.83 bits per heavy atom. The third-order valence-electron chi connectivity index (χ3n) is 0.671. The molecule has 0 aliphatic heterocycles. The molecule has 0 aromatic heterocycles. The lowest BCUT2D eigenvalue weighted by atomic mass is 10.2. The Hall–Kier alpha value is -0.170. The third kappa shape index (κ3) is 6.53. The van der Waals surface area contributed by atoms with E-state index in [1.807, 2.05) is 0 Å². The Morgan fingerprint density at radius 3 is 2.17 bits per heavy atom. The molecule has 0 saturated heterocycles. The standard InChI is InChI=1S/C6H14O5S/c1-6(2,3)11-12(8,9)10-5-4-7/h7H,4-5H2,1-3H3. The first-order valence-corrected chi connectivity index (χ1v) is 4.81. The zero-order chi connectivity index (χ0) is 9.83. The molecule has 0 rings (SSSR count). The molecule has 74 valence electrons. The number of aliphatic hydroxyl groups excluding tert-OH is 1. The van der Waals surface area contributed by atoms with Gasteiger partial charge in [0, 0.05) is 0 Å². The van der Waals surface area contributed by atoms with Gasteiger partial charge in [0.05, 0.1) is 18.8 Å². The Labute approximate surface area is 72.6 Å². The average Bonchev–Trinajstić information content (AvgIpc) is 1.78. The smallest absolute Gasteiger partial charge is 0.394 e. The van der Waals surface area contributed by atoms with Crippen LogP contribution in [0.3, 0.4) is 0 Å². The van der Waals surface area contributed by atoms with Crippen molar-refractivity contribution in [3.8, 4) is 0 Å². The molecule has 0 radical (unpaired) electrons. The first kappa shape index (κ1) is 11.8. The molecule has 0 fully saturated rings. The molecule has 0 aliphatic carbocycles. The zero-order valence-corrected chi connectivity index (χ0v) is 8.22. The molecule has 0 aromatic carbocycles. The van der Waals surface area contributed by atoms with Crippen molar-refractivity contribution >= 4 is 10.4 Å². The SMILES string of the molecule is CC(C)(C)OS(=O)(=O)OCCO. The highest BCUT2D eigenvalue weighted by molar-refractivity contribution is 7.81. The van der Waals surface area contributed by atoms with Crippen molar-refractivity contribution in [2.24, 2.45) is 0 Å². The van der Waals surface area contributed by atoms with Crippen molar-refractivity contribution in [1.29, 1.82) is 0 Å². The van der Waals surface area contributed by atoms with Gasteiger partial charge in [0.25, 0.3) is 0 Å². The summed E-state index contributed by atoms with van der Waals surface area (Å²) < 4.78 is 30.5. The van der Waals surface area contributed by atoms with E-state index in [2.05, 4.69) is 8.37 Å². The lowest BCUT2D eigenvalue weighted by Crippen LogP contribution is -2.26. The van der Waals surface area contributed by atoms with Crippen molar-refractivity contribution in [3.05, 3.63) is 0 Å². The Balaban J connectivity index is 4.06. The monoisotopic (exact) mass is 198 g/mol. The van der Waals surface area contributed by atoms with Crippen LogP contribution >= 0.6 is 0 Å². The van der Waals surface area contributed by atoms with Crippen LogP contribution in [0.1, 0.15) is 20.8 Å². The molecular formula is C6H14O5S. The van der Waals surface area contributed by atoms with Crippen molar-refractivity contribution < 1.29 is 21.9 Å². The minimum atomic E-state index is -3.96. The van der Waals surface area contributed by atoms with Crippen molar-refractivity contribution in [3.63, 3.8) is 0 Å². The Morgan fingerprint density at radius 1 is 1.33 bits per heavy atom. The summed E-state index contributed by atoms with van der Waals surface area (Å²) in [6.07, 6.45) is 0. The van der Waals surface area contributed by atoms with Crippen LogP contribution in [0.25, 0.3) is 0 Å². The van der Waals surface area contributed by atoms with Gasteiger partial charge in [-0.3, -0.25) is 0 Å². The van der Waals surface area contributed by atoms with Crippen LogP contribution in [0.5, 0.6) is 0 Å². The van der Waals surface area contributed by atoms with Crippen LogP contribution < -0.4 is 0 Å². The number of hydrogen-bond acceptors (Lipinski definition) is 5. The first-order chi connectivity index (χ1) is 5.27. The van der Waals surface area contributed by atoms with E-state index in [1.54, 1.807) is 20.8 Å². The number of aliphatic hydroxyl groups is 1. The van der Waals surface area contributed by atoms with E-state index in [9.17, 15) is 8.42 Å². The third-order valence-corrected chi connectivity index (χ3v) is 1.83. The van der Waals surface area contributed by atoms with Crippen LogP contribution in [0.2, 0.25) is 0 Å². The van der Waals surface area contributed by atoms with Crippen LogP contribution in [-0.2, 0) is 18.8 Å². The van der Waals surface area contributed by atoms with Gasteiger partial charge in [0.15, 0.2) is 0 Å². The van der Waals surface area contributed by atoms with Crippen LogP contribution in [0.15, 0.2) is 0 Å². The molecule has 0 amide bonds. The van der Waals surface area contributed by atoms with Crippen molar-refractivity contribution in [2.75, 3.05) is 13.2 Å². The Kier molecular flexibility index (Phi) is 4.12. The van der Waals surface area contributed by atoms with E-state index in [1.165, 1.54) is 0 Å². The molecule has 0 atom stereocenters. The summed E-state index contributed by atoms with van der Waals surface area (Å²) in [5.41, 5.74) is -0.811. The van der Waals surface area contributed by atoms with E-state index in [0.29, 0.717) is 0 Å². The first-order valence-electron chi connectivity index (χ1n) is 3.48. The molecule has 6 heteroatoms. The van der Waals surface area contributed by atoms with Gasteiger partial charge in [-0.2, -0.15) is 8.42 Å². The van der Waals surface area contributed by atoms with Gasteiger partial charge in [-0.25, -0.2) is 8.37 Å². The second kappa shape index (κ2) is 4.18. The van der Waals surface area contributed by atoms with E-state index in [0.717, 1.165) is 0 Å². The fourth-order valence-electron chi connectivity index (χ4n) is 0.470. The van der Waals surface area contributed by atoms with Gasteiger partial charge < -0.3 is 5.11 Å². The highest BCUT2D eigenvalue weighted by atomic mass is 32.3.